The fourth-order valence-corrected chi connectivity index (χ4v) is 2.70. The Hall–Kier alpha value is -3.82. The van der Waals surface area contributed by atoms with Crippen LogP contribution in [0.3, 0.4) is 0 Å². The standard InChI is InChI=1S/C20H21N3O7/c1-13(2)30-20(25)18(9-8-14-6-4-3-5-7-14)21-19(24)15-10-16(22(26)27)12-17(11-15)23(28)29/h3-7,10-13,18H,8-9H2,1-2H3,(H,21,24)/t18-/m0/s1. The van der Waals surface area contributed by atoms with Crippen LogP contribution in [-0.2, 0) is 16.0 Å². The molecule has 158 valence electrons. The summed E-state index contributed by atoms with van der Waals surface area (Å²) in [6, 6.07) is 10.9. The van der Waals surface area contributed by atoms with Crippen LogP contribution in [0.5, 0.6) is 0 Å². The van der Waals surface area contributed by atoms with Gasteiger partial charge in [0.05, 0.1) is 27.6 Å². The number of nitrogens with zero attached hydrogens (tertiary/aromatic N) is 2. The number of hydrogen-bond acceptors (Lipinski definition) is 7. The number of benzene rings is 2. The highest BCUT2D eigenvalue weighted by molar-refractivity contribution is 5.98. The van der Waals surface area contributed by atoms with Gasteiger partial charge in [-0.15, -0.1) is 0 Å². The average molecular weight is 415 g/mol. The minimum Gasteiger partial charge on any atom is -0.461 e. The smallest absolute Gasteiger partial charge is 0.328 e. The Morgan fingerprint density at radius 2 is 1.57 bits per heavy atom. The Balaban J connectivity index is 2.25. The van der Waals surface area contributed by atoms with E-state index in [1.807, 2.05) is 30.3 Å². The Labute approximate surface area is 172 Å². The van der Waals surface area contributed by atoms with Crippen LogP contribution in [0.1, 0.15) is 36.2 Å². The number of non-ortho nitro benzene ring substituents is 2. The summed E-state index contributed by atoms with van der Waals surface area (Å²) in [6.07, 6.45) is 0.277. The minimum absolute atomic E-state index is 0.221. The molecule has 0 radical (unpaired) electrons. The third-order valence-corrected chi connectivity index (χ3v) is 4.09. The molecule has 0 unspecified atom stereocenters. The van der Waals surface area contributed by atoms with Gasteiger partial charge in [-0.1, -0.05) is 30.3 Å². The molecule has 0 aliphatic rings. The summed E-state index contributed by atoms with van der Waals surface area (Å²) in [7, 11) is 0. The van der Waals surface area contributed by atoms with Crippen molar-refractivity contribution in [2.75, 3.05) is 0 Å². The van der Waals surface area contributed by atoms with Crippen molar-refractivity contribution in [2.24, 2.45) is 0 Å². The molecule has 30 heavy (non-hydrogen) atoms. The molecule has 0 fully saturated rings. The molecule has 10 nitrogen and oxygen atoms in total. The van der Waals surface area contributed by atoms with Crippen molar-refractivity contribution in [3.8, 4) is 0 Å². The summed E-state index contributed by atoms with van der Waals surface area (Å²) < 4.78 is 5.19. The van der Waals surface area contributed by atoms with Crippen LogP contribution in [0.15, 0.2) is 48.5 Å². The number of carbonyl (C=O) groups is 2. The quantitative estimate of drug-likeness (QED) is 0.376. The highest BCUT2D eigenvalue weighted by Gasteiger charge is 2.26. The molecule has 0 aromatic heterocycles. The molecule has 0 bridgehead atoms. The number of ether oxygens (including phenoxy) is 1. The monoisotopic (exact) mass is 415 g/mol. The van der Waals surface area contributed by atoms with Gasteiger partial charge < -0.3 is 10.1 Å². The lowest BCUT2D eigenvalue weighted by molar-refractivity contribution is -0.394. The van der Waals surface area contributed by atoms with Crippen LogP contribution < -0.4 is 5.32 Å². The SMILES string of the molecule is CC(C)OC(=O)[C@H](CCc1ccccc1)NC(=O)c1cc([N+](=O)[O-])cc([N+](=O)[O-])c1. The lowest BCUT2D eigenvalue weighted by Crippen LogP contribution is -2.43. The van der Waals surface area contributed by atoms with E-state index >= 15 is 0 Å². The maximum absolute atomic E-state index is 12.6. The van der Waals surface area contributed by atoms with Crippen molar-refractivity contribution < 1.29 is 24.2 Å². The number of hydrogen-bond donors (Lipinski definition) is 1. The van der Waals surface area contributed by atoms with Crippen LogP contribution in [0.2, 0.25) is 0 Å². The van der Waals surface area contributed by atoms with Crippen molar-refractivity contribution in [3.05, 3.63) is 79.9 Å². The minimum atomic E-state index is -1.03. The van der Waals surface area contributed by atoms with E-state index in [0.29, 0.717) is 6.42 Å². The van der Waals surface area contributed by atoms with E-state index in [1.165, 1.54) is 0 Å². The third-order valence-electron chi connectivity index (χ3n) is 4.09. The van der Waals surface area contributed by atoms with E-state index in [0.717, 1.165) is 23.8 Å². The average Bonchev–Trinajstić information content (AvgIpc) is 2.70. The third kappa shape index (κ3) is 6.36. The zero-order valence-electron chi connectivity index (χ0n) is 16.4. The normalized spacial score (nSPS) is 11.6. The van der Waals surface area contributed by atoms with Crippen LogP contribution in [0, 0.1) is 20.2 Å². The molecule has 0 heterocycles. The van der Waals surface area contributed by atoms with Gasteiger partial charge in [-0.05, 0) is 32.3 Å². The van der Waals surface area contributed by atoms with Crippen LogP contribution >= 0.6 is 0 Å². The number of nitro groups is 2. The highest BCUT2D eigenvalue weighted by atomic mass is 16.6. The maximum atomic E-state index is 12.6. The van der Waals surface area contributed by atoms with Crippen LogP contribution in [0.25, 0.3) is 0 Å². The molecule has 2 aromatic carbocycles. The lowest BCUT2D eigenvalue weighted by atomic mass is 10.0. The van der Waals surface area contributed by atoms with E-state index in [4.69, 9.17) is 4.74 Å². The summed E-state index contributed by atoms with van der Waals surface area (Å²) in [5.41, 5.74) is -0.544. The van der Waals surface area contributed by atoms with Crippen molar-refractivity contribution in [1.29, 1.82) is 0 Å². The van der Waals surface area contributed by atoms with Crippen molar-refractivity contribution in [3.63, 3.8) is 0 Å². The molecule has 1 N–H and O–H groups in total. The zero-order chi connectivity index (χ0) is 22.3. The van der Waals surface area contributed by atoms with Crippen LogP contribution in [0.4, 0.5) is 11.4 Å². The van der Waals surface area contributed by atoms with Gasteiger partial charge in [-0.3, -0.25) is 25.0 Å². The first-order chi connectivity index (χ1) is 14.2. The van der Waals surface area contributed by atoms with Gasteiger partial charge >= 0.3 is 5.97 Å². The van der Waals surface area contributed by atoms with Crippen molar-refractivity contribution in [1.82, 2.24) is 5.32 Å². The molecule has 10 heteroatoms. The molecular weight excluding hydrogens is 394 g/mol. The molecule has 1 amide bonds. The van der Waals surface area contributed by atoms with Gasteiger partial charge in [0.1, 0.15) is 6.04 Å². The summed E-state index contributed by atoms with van der Waals surface area (Å²) in [4.78, 5) is 45.5. The Morgan fingerprint density at radius 3 is 2.07 bits per heavy atom. The Morgan fingerprint density at radius 1 is 1.00 bits per heavy atom. The summed E-state index contributed by atoms with van der Waals surface area (Å²) >= 11 is 0. The molecule has 1 atom stereocenters. The van der Waals surface area contributed by atoms with Crippen molar-refractivity contribution >= 4 is 23.3 Å². The molecular formula is C20H21N3O7. The second-order valence-corrected chi connectivity index (χ2v) is 6.79. The van der Waals surface area contributed by atoms with Gasteiger partial charge in [-0.25, -0.2) is 4.79 Å². The second kappa shape index (κ2) is 10.1. The Bertz CT molecular complexity index is 912. The van der Waals surface area contributed by atoms with Gasteiger partial charge in [0.25, 0.3) is 17.3 Å². The predicted molar refractivity (Wildman–Crippen MR) is 107 cm³/mol. The molecule has 0 spiro atoms. The first-order valence-electron chi connectivity index (χ1n) is 9.16. The van der Waals surface area contributed by atoms with Gasteiger partial charge in [-0.2, -0.15) is 0 Å². The number of nitrogens with one attached hydrogen (secondary N) is 1. The zero-order valence-corrected chi connectivity index (χ0v) is 16.4. The lowest BCUT2D eigenvalue weighted by Gasteiger charge is -2.19. The van der Waals surface area contributed by atoms with E-state index in [-0.39, 0.29) is 12.0 Å². The van der Waals surface area contributed by atoms with E-state index < -0.39 is 45.2 Å². The number of rotatable bonds is 9. The molecule has 0 aliphatic heterocycles. The summed E-state index contributed by atoms with van der Waals surface area (Å²) in [6.45, 7) is 3.33. The number of esters is 1. The van der Waals surface area contributed by atoms with E-state index in [1.54, 1.807) is 13.8 Å². The molecule has 0 saturated heterocycles. The molecule has 0 saturated carbocycles. The predicted octanol–water partition coefficient (Wildman–Crippen LogP) is 3.19. The highest BCUT2D eigenvalue weighted by Crippen LogP contribution is 2.23. The summed E-state index contributed by atoms with van der Waals surface area (Å²) in [5, 5.41) is 24.6. The topological polar surface area (TPSA) is 142 Å². The number of carbonyl (C=O) groups excluding carboxylic acids is 2. The largest absolute Gasteiger partial charge is 0.461 e. The fraction of sp³-hybridized carbons (Fsp3) is 0.300. The molecule has 2 aromatic rings. The Kier molecular flexibility index (Phi) is 7.56. The fourth-order valence-electron chi connectivity index (χ4n) is 2.70. The second-order valence-electron chi connectivity index (χ2n) is 6.79. The number of nitro benzene ring substituents is 2. The van der Waals surface area contributed by atoms with Gasteiger partial charge in [0.15, 0.2) is 0 Å². The van der Waals surface area contributed by atoms with Gasteiger partial charge in [0.2, 0.25) is 0 Å². The molecule has 0 aliphatic carbocycles. The first kappa shape index (κ1) is 22.5. The van der Waals surface area contributed by atoms with E-state index in [9.17, 15) is 29.8 Å². The van der Waals surface area contributed by atoms with Gasteiger partial charge in [0, 0.05) is 12.1 Å². The maximum Gasteiger partial charge on any atom is 0.328 e. The number of amides is 1. The summed E-state index contributed by atoms with van der Waals surface area (Å²) in [5.74, 6) is -1.50. The number of aryl methyl sites for hydroxylation is 1. The van der Waals surface area contributed by atoms with E-state index in [2.05, 4.69) is 5.32 Å². The van der Waals surface area contributed by atoms with Crippen LogP contribution in [-0.4, -0.2) is 33.9 Å². The first-order valence-corrected chi connectivity index (χ1v) is 9.16. The molecule has 2 rings (SSSR count). The van der Waals surface area contributed by atoms with Crippen molar-refractivity contribution in [2.45, 2.75) is 38.8 Å².